The average molecular weight is 435 g/mol. The molecule has 168 valence electrons. The van der Waals surface area contributed by atoms with Gasteiger partial charge < -0.3 is 15.0 Å². The summed E-state index contributed by atoms with van der Waals surface area (Å²) in [6.07, 6.45) is 3.51. The van der Waals surface area contributed by atoms with Crippen LogP contribution in [0.4, 0.5) is 5.69 Å². The second kappa shape index (κ2) is 10.8. The van der Waals surface area contributed by atoms with E-state index in [4.69, 9.17) is 4.74 Å². The Bertz CT molecular complexity index is 972. The molecule has 0 aromatic heterocycles. The molecule has 3 rings (SSSR count). The van der Waals surface area contributed by atoms with E-state index in [9.17, 15) is 14.4 Å². The number of amides is 2. The van der Waals surface area contributed by atoms with Gasteiger partial charge in [-0.15, -0.1) is 0 Å². The highest BCUT2D eigenvalue weighted by molar-refractivity contribution is 5.96. The lowest BCUT2D eigenvalue weighted by atomic mass is 9.97. The Morgan fingerprint density at radius 2 is 1.62 bits per heavy atom. The first-order chi connectivity index (χ1) is 15.3. The number of carbonyl (C=O) groups excluding carboxylic acids is 3. The molecule has 1 aliphatic heterocycles. The number of ether oxygens (including phenoxy) is 1. The van der Waals surface area contributed by atoms with Gasteiger partial charge in [-0.3, -0.25) is 14.4 Å². The number of benzene rings is 2. The number of para-hydroxylation sites is 1. The van der Waals surface area contributed by atoms with Gasteiger partial charge in [-0.1, -0.05) is 48.5 Å². The fourth-order valence-corrected chi connectivity index (χ4v) is 3.73. The van der Waals surface area contributed by atoms with Gasteiger partial charge >= 0.3 is 5.97 Å². The van der Waals surface area contributed by atoms with E-state index in [0.717, 1.165) is 22.4 Å². The Balaban J connectivity index is 1.47. The van der Waals surface area contributed by atoms with Gasteiger partial charge in [-0.25, -0.2) is 0 Å². The van der Waals surface area contributed by atoms with Gasteiger partial charge in [0.25, 0.3) is 5.91 Å². The Morgan fingerprint density at radius 1 is 1.00 bits per heavy atom. The quantitative estimate of drug-likeness (QED) is 0.548. The number of anilines is 1. The fourth-order valence-electron chi connectivity index (χ4n) is 3.73. The SMILES string of the molecule is Cc1cccc(C)c1NC(=O)C(C)OC(=O)C1CCN(C(=O)/C=C/c2ccccc2)CC1. The van der Waals surface area contributed by atoms with Crippen molar-refractivity contribution in [2.24, 2.45) is 5.92 Å². The minimum absolute atomic E-state index is 0.0676. The number of aryl methyl sites for hydroxylation is 2. The maximum Gasteiger partial charge on any atom is 0.309 e. The van der Waals surface area contributed by atoms with Crippen molar-refractivity contribution in [2.45, 2.75) is 39.7 Å². The van der Waals surface area contributed by atoms with Crippen LogP contribution in [0, 0.1) is 19.8 Å². The summed E-state index contributed by atoms with van der Waals surface area (Å²) in [5.41, 5.74) is 3.62. The Morgan fingerprint density at radius 3 is 2.25 bits per heavy atom. The van der Waals surface area contributed by atoms with Crippen LogP contribution >= 0.6 is 0 Å². The first kappa shape index (κ1) is 23.3. The van der Waals surface area contributed by atoms with Gasteiger partial charge in [0.1, 0.15) is 0 Å². The van der Waals surface area contributed by atoms with E-state index in [2.05, 4.69) is 5.32 Å². The van der Waals surface area contributed by atoms with Crippen LogP contribution in [-0.4, -0.2) is 41.9 Å². The number of piperidine rings is 1. The summed E-state index contributed by atoms with van der Waals surface area (Å²) in [7, 11) is 0. The number of hydrogen-bond donors (Lipinski definition) is 1. The number of nitrogens with one attached hydrogen (secondary N) is 1. The molecule has 1 fully saturated rings. The summed E-state index contributed by atoms with van der Waals surface area (Å²) >= 11 is 0. The highest BCUT2D eigenvalue weighted by atomic mass is 16.5. The fraction of sp³-hybridized carbons (Fsp3) is 0.346. The second-order valence-corrected chi connectivity index (χ2v) is 8.18. The van der Waals surface area contributed by atoms with Crippen LogP contribution in [0.1, 0.15) is 36.5 Å². The first-order valence-electron chi connectivity index (χ1n) is 10.9. The van der Waals surface area contributed by atoms with Gasteiger partial charge in [0, 0.05) is 24.9 Å². The normalized spacial score (nSPS) is 15.4. The minimum Gasteiger partial charge on any atom is -0.452 e. The van der Waals surface area contributed by atoms with Gasteiger partial charge in [-0.05, 0) is 56.4 Å². The molecule has 1 unspecified atom stereocenters. The third kappa shape index (κ3) is 6.06. The monoisotopic (exact) mass is 434 g/mol. The predicted molar refractivity (Wildman–Crippen MR) is 125 cm³/mol. The van der Waals surface area contributed by atoms with Gasteiger partial charge in [0.05, 0.1) is 5.92 Å². The summed E-state index contributed by atoms with van der Waals surface area (Å²) in [5.74, 6) is -1.12. The highest BCUT2D eigenvalue weighted by Crippen LogP contribution is 2.22. The number of rotatable bonds is 6. The van der Waals surface area contributed by atoms with E-state index < -0.39 is 6.10 Å². The van der Waals surface area contributed by atoms with Crippen molar-refractivity contribution < 1.29 is 19.1 Å². The molecule has 2 aromatic rings. The molecule has 0 aliphatic carbocycles. The topological polar surface area (TPSA) is 75.7 Å². The number of carbonyl (C=O) groups is 3. The zero-order valence-electron chi connectivity index (χ0n) is 18.8. The predicted octanol–water partition coefficient (Wildman–Crippen LogP) is 4.13. The third-order valence-corrected chi connectivity index (χ3v) is 5.75. The zero-order chi connectivity index (χ0) is 23.1. The molecule has 1 aliphatic rings. The Kier molecular flexibility index (Phi) is 7.82. The van der Waals surface area contributed by atoms with E-state index in [1.807, 2.05) is 62.4 Å². The van der Waals surface area contributed by atoms with E-state index in [-0.39, 0.29) is 23.7 Å². The largest absolute Gasteiger partial charge is 0.452 e. The second-order valence-electron chi connectivity index (χ2n) is 8.18. The highest BCUT2D eigenvalue weighted by Gasteiger charge is 2.30. The van der Waals surface area contributed by atoms with Crippen LogP contribution in [0.2, 0.25) is 0 Å². The molecule has 0 bridgehead atoms. The lowest BCUT2D eigenvalue weighted by molar-refractivity contribution is -0.159. The van der Waals surface area contributed by atoms with Gasteiger partial charge in [0.2, 0.25) is 5.91 Å². The summed E-state index contributed by atoms with van der Waals surface area (Å²) in [4.78, 5) is 39.2. The van der Waals surface area contributed by atoms with Crippen molar-refractivity contribution in [1.29, 1.82) is 0 Å². The van der Waals surface area contributed by atoms with E-state index in [1.165, 1.54) is 0 Å². The van der Waals surface area contributed by atoms with Crippen LogP contribution in [0.25, 0.3) is 6.08 Å². The smallest absolute Gasteiger partial charge is 0.309 e. The summed E-state index contributed by atoms with van der Waals surface area (Å²) in [6.45, 7) is 6.39. The molecule has 1 saturated heterocycles. The zero-order valence-corrected chi connectivity index (χ0v) is 18.8. The number of likely N-dealkylation sites (tertiary alicyclic amines) is 1. The minimum atomic E-state index is -0.894. The summed E-state index contributed by atoms with van der Waals surface area (Å²) < 4.78 is 5.44. The number of nitrogens with zero attached hydrogens (tertiary/aromatic N) is 1. The van der Waals surface area contributed by atoms with E-state index >= 15 is 0 Å². The van der Waals surface area contributed by atoms with Crippen molar-refractivity contribution in [2.75, 3.05) is 18.4 Å². The Hall–Kier alpha value is -3.41. The molecule has 6 nitrogen and oxygen atoms in total. The number of esters is 1. The van der Waals surface area contributed by atoms with Crippen molar-refractivity contribution in [3.05, 3.63) is 71.3 Å². The molecule has 1 N–H and O–H groups in total. The molecule has 32 heavy (non-hydrogen) atoms. The average Bonchev–Trinajstić information content (AvgIpc) is 2.80. The van der Waals surface area contributed by atoms with Crippen LogP contribution in [0.15, 0.2) is 54.6 Å². The van der Waals surface area contributed by atoms with Crippen LogP contribution in [0.5, 0.6) is 0 Å². The van der Waals surface area contributed by atoms with Crippen molar-refractivity contribution in [3.8, 4) is 0 Å². The molecule has 1 heterocycles. The van der Waals surface area contributed by atoms with Crippen molar-refractivity contribution in [1.82, 2.24) is 4.90 Å². The molecule has 2 amide bonds. The van der Waals surface area contributed by atoms with Crippen molar-refractivity contribution in [3.63, 3.8) is 0 Å². The first-order valence-corrected chi connectivity index (χ1v) is 10.9. The van der Waals surface area contributed by atoms with E-state index in [0.29, 0.717) is 25.9 Å². The maximum atomic E-state index is 12.6. The summed E-state index contributed by atoms with van der Waals surface area (Å²) in [5, 5.41) is 2.86. The summed E-state index contributed by atoms with van der Waals surface area (Å²) in [6, 6.07) is 15.4. The number of hydrogen-bond acceptors (Lipinski definition) is 4. The molecule has 6 heteroatoms. The molecule has 0 saturated carbocycles. The molecule has 1 atom stereocenters. The van der Waals surface area contributed by atoms with Crippen LogP contribution in [0.3, 0.4) is 0 Å². The molecule has 0 spiro atoms. The van der Waals surface area contributed by atoms with Crippen molar-refractivity contribution >= 4 is 29.5 Å². The standard InChI is InChI=1S/C26H30N2O4/c1-18-8-7-9-19(2)24(18)27-25(30)20(3)32-26(31)22-14-16-28(17-15-22)23(29)13-12-21-10-5-4-6-11-21/h4-13,20,22H,14-17H2,1-3H3,(H,27,30)/b13-12+. The third-order valence-electron chi connectivity index (χ3n) is 5.75. The van der Waals surface area contributed by atoms with E-state index in [1.54, 1.807) is 24.0 Å². The molecule has 2 aromatic carbocycles. The van der Waals surface area contributed by atoms with Gasteiger partial charge in [-0.2, -0.15) is 0 Å². The molecular weight excluding hydrogens is 404 g/mol. The van der Waals surface area contributed by atoms with Crippen LogP contribution < -0.4 is 5.32 Å². The lowest BCUT2D eigenvalue weighted by Gasteiger charge is -2.30. The maximum absolute atomic E-state index is 12.6. The Labute approximate surface area is 189 Å². The molecule has 0 radical (unpaired) electrons. The van der Waals surface area contributed by atoms with Crippen LogP contribution in [-0.2, 0) is 19.1 Å². The molecular formula is C26H30N2O4. The lowest BCUT2D eigenvalue weighted by Crippen LogP contribution is -2.41. The van der Waals surface area contributed by atoms with Gasteiger partial charge in [0.15, 0.2) is 6.10 Å².